The number of sulfonamides is 1. The fourth-order valence-corrected chi connectivity index (χ4v) is 5.10. The number of benzodiazepines with no additional fused rings is 1. The van der Waals surface area contributed by atoms with Crippen molar-refractivity contribution >= 4 is 44.8 Å². The van der Waals surface area contributed by atoms with Gasteiger partial charge in [0.25, 0.3) is 21.8 Å². The summed E-state index contributed by atoms with van der Waals surface area (Å²) < 4.78 is 28.8. The number of carbonyl (C=O) groups is 2. The van der Waals surface area contributed by atoms with Crippen LogP contribution in [0.25, 0.3) is 0 Å². The van der Waals surface area contributed by atoms with Crippen molar-refractivity contribution in [3.63, 3.8) is 0 Å². The molecule has 11 heteroatoms. The van der Waals surface area contributed by atoms with Gasteiger partial charge in [0.1, 0.15) is 12.6 Å². The van der Waals surface area contributed by atoms with Crippen LogP contribution in [-0.4, -0.2) is 48.1 Å². The van der Waals surface area contributed by atoms with Gasteiger partial charge in [-0.3, -0.25) is 14.6 Å². The lowest BCUT2D eigenvalue weighted by atomic mass is 9.98. The third-order valence-electron chi connectivity index (χ3n) is 6.03. The molecule has 9 nitrogen and oxygen atoms in total. The monoisotopic (exact) mass is 527 g/mol. The van der Waals surface area contributed by atoms with Gasteiger partial charge in [-0.05, 0) is 24.1 Å². The standard InChI is InChI=1S/C25H26ClN5O4S/c1-4-16(2)23-25(33)31(13-21(32)29-36(34,35)22-14-30(3)15-27-22)20-11-10-18(26)12-19(20)24(28-23)17-8-6-5-7-9-17/h5-12,14-16,23H,4,13H2,1-3H3,(H,29,32)/t16-,23?/m0/s1. The van der Waals surface area contributed by atoms with E-state index in [0.717, 1.165) is 5.56 Å². The molecule has 2 heterocycles. The molecule has 2 atom stereocenters. The number of carbonyl (C=O) groups excluding carboxylic acids is 2. The van der Waals surface area contributed by atoms with Crippen LogP contribution in [0.4, 0.5) is 5.69 Å². The smallest absolute Gasteiger partial charge is 0.283 e. The van der Waals surface area contributed by atoms with E-state index in [4.69, 9.17) is 16.6 Å². The van der Waals surface area contributed by atoms with Crippen molar-refractivity contribution in [1.82, 2.24) is 14.3 Å². The molecule has 4 rings (SSSR count). The highest BCUT2D eigenvalue weighted by Gasteiger charge is 2.36. The van der Waals surface area contributed by atoms with Crippen LogP contribution in [0.15, 0.2) is 71.1 Å². The first-order valence-corrected chi connectivity index (χ1v) is 13.2. The van der Waals surface area contributed by atoms with Crippen LogP contribution >= 0.6 is 11.6 Å². The summed E-state index contributed by atoms with van der Waals surface area (Å²) in [7, 11) is -2.59. The minimum Gasteiger partial charge on any atom is -0.339 e. The molecular weight excluding hydrogens is 502 g/mol. The summed E-state index contributed by atoms with van der Waals surface area (Å²) in [6.07, 6.45) is 3.27. The number of hydrogen-bond acceptors (Lipinski definition) is 6. The first kappa shape index (κ1) is 25.6. The van der Waals surface area contributed by atoms with E-state index in [-0.39, 0.29) is 10.9 Å². The Kier molecular flexibility index (Phi) is 7.28. The highest BCUT2D eigenvalue weighted by Crippen LogP contribution is 2.33. The Labute approximate surface area is 214 Å². The quantitative estimate of drug-likeness (QED) is 0.507. The lowest BCUT2D eigenvalue weighted by molar-refractivity contribution is -0.124. The topological polar surface area (TPSA) is 114 Å². The van der Waals surface area contributed by atoms with Gasteiger partial charge in [0.05, 0.1) is 17.7 Å². The van der Waals surface area contributed by atoms with Crippen LogP contribution in [0.1, 0.15) is 31.4 Å². The van der Waals surface area contributed by atoms with E-state index in [2.05, 4.69) is 4.98 Å². The summed E-state index contributed by atoms with van der Waals surface area (Å²) >= 11 is 6.33. The second-order valence-electron chi connectivity index (χ2n) is 8.67. The molecule has 1 aromatic heterocycles. The van der Waals surface area contributed by atoms with Gasteiger partial charge in [-0.1, -0.05) is 62.2 Å². The van der Waals surface area contributed by atoms with E-state index in [0.29, 0.717) is 28.4 Å². The van der Waals surface area contributed by atoms with Gasteiger partial charge in [-0.2, -0.15) is 8.42 Å². The Hall–Kier alpha value is -3.50. The summed E-state index contributed by atoms with van der Waals surface area (Å²) in [4.78, 5) is 36.7. The summed E-state index contributed by atoms with van der Waals surface area (Å²) in [5.74, 6) is -1.41. The lowest BCUT2D eigenvalue weighted by Gasteiger charge is -2.26. The molecule has 1 unspecified atom stereocenters. The average molecular weight is 528 g/mol. The van der Waals surface area contributed by atoms with Gasteiger partial charge >= 0.3 is 0 Å². The van der Waals surface area contributed by atoms with E-state index in [1.165, 1.54) is 22.0 Å². The number of imidazole rings is 1. The molecule has 2 amide bonds. The molecule has 0 spiro atoms. The van der Waals surface area contributed by atoms with Gasteiger partial charge in [-0.15, -0.1) is 0 Å². The first-order valence-electron chi connectivity index (χ1n) is 11.4. The van der Waals surface area contributed by atoms with E-state index in [1.807, 2.05) is 48.9 Å². The Bertz CT molecular complexity index is 1440. The summed E-state index contributed by atoms with van der Waals surface area (Å²) in [6.45, 7) is 3.35. The zero-order valence-electron chi connectivity index (χ0n) is 20.1. The molecule has 3 aromatic rings. The Morgan fingerprint density at radius 2 is 1.92 bits per heavy atom. The number of nitrogens with one attached hydrogen (secondary N) is 1. The average Bonchev–Trinajstić information content (AvgIpc) is 3.26. The SMILES string of the molecule is CC[C@H](C)C1N=C(c2ccccc2)c2cc(Cl)ccc2N(CC(=O)NS(=O)(=O)c2cn(C)cn2)C1=O. The largest absolute Gasteiger partial charge is 0.339 e. The molecule has 0 bridgehead atoms. The zero-order chi connectivity index (χ0) is 26.0. The summed E-state index contributed by atoms with van der Waals surface area (Å²) in [6, 6.07) is 13.6. The van der Waals surface area contributed by atoms with Gasteiger partial charge in [0.15, 0.2) is 5.03 Å². The van der Waals surface area contributed by atoms with Crippen LogP contribution in [0.2, 0.25) is 5.02 Å². The fraction of sp³-hybridized carbons (Fsp3) is 0.280. The number of hydrogen-bond donors (Lipinski definition) is 1. The number of amides is 2. The molecule has 36 heavy (non-hydrogen) atoms. The van der Waals surface area contributed by atoms with Crippen LogP contribution in [0.3, 0.4) is 0 Å². The number of aliphatic imine (C=N–C) groups is 1. The van der Waals surface area contributed by atoms with E-state index >= 15 is 0 Å². The minimum atomic E-state index is -4.21. The van der Waals surface area contributed by atoms with Gasteiger partial charge in [-0.25, -0.2) is 9.71 Å². The van der Waals surface area contributed by atoms with Crippen LogP contribution in [0.5, 0.6) is 0 Å². The molecule has 0 saturated heterocycles. The van der Waals surface area contributed by atoms with Crippen LogP contribution in [0, 0.1) is 5.92 Å². The van der Waals surface area contributed by atoms with Crippen LogP contribution < -0.4 is 9.62 Å². The first-order chi connectivity index (χ1) is 17.1. The number of anilines is 1. The highest BCUT2D eigenvalue weighted by molar-refractivity contribution is 7.90. The molecule has 0 radical (unpaired) electrons. The maximum Gasteiger partial charge on any atom is 0.283 e. The zero-order valence-corrected chi connectivity index (χ0v) is 21.6. The van der Waals surface area contributed by atoms with Gasteiger partial charge < -0.3 is 9.47 Å². The summed E-state index contributed by atoms with van der Waals surface area (Å²) in [5, 5.41) is 0.147. The predicted molar refractivity (Wildman–Crippen MR) is 138 cm³/mol. The summed E-state index contributed by atoms with van der Waals surface area (Å²) in [5.41, 5.74) is 2.37. The molecule has 188 valence electrons. The van der Waals surface area contributed by atoms with E-state index < -0.39 is 34.4 Å². The van der Waals surface area contributed by atoms with Gasteiger partial charge in [0.2, 0.25) is 0 Å². The number of rotatable bonds is 7. The maximum absolute atomic E-state index is 13.8. The normalized spacial score (nSPS) is 16.7. The Morgan fingerprint density at radius 1 is 1.19 bits per heavy atom. The third kappa shape index (κ3) is 5.19. The van der Waals surface area contributed by atoms with E-state index in [9.17, 15) is 18.0 Å². The molecule has 0 aliphatic carbocycles. The predicted octanol–water partition coefficient (Wildman–Crippen LogP) is 3.18. The lowest BCUT2D eigenvalue weighted by Crippen LogP contribution is -2.47. The Balaban J connectivity index is 1.77. The number of benzene rings is 2. The molecule has 2 aromatic carbocycles. The molecule has 1 aliphatic rings. The molecule has 0 saturated carbocycles. The van der Waals surface area contributed by atoms with Crippen molar-refractivity contribution in [3.8, 4) is 0 Å². The number of aromatic nitrogens is 2. The van der Waals surface area contributed by atoms with Crippen LogP contribution in [-0.2, 0) is 26.7 Å². The maximum atomic E-state index is 13.8. The molecule has 1 aliphatic heterocycles. The van der Waals surface area contributed by atoms with Gasteiger partial charge in [0, 0.05) is 29.4 Å². The minimum absolute atomic E-state index is 0.135. The Morgan fingerprint density at radius 3 is 2.56 bits per heavy atom. The third-order valence-corrected chi connectivity index (χ3v) is 7.52. The number of fused-ring (bicyclic) bond motifs is 1. The number of aryl methyl sites for hydroxylation is 1. The molecule has 0 fully saturated rings. The van der Waals surface area contributed by atoms with Crippen molar-refractivity contribution in [2.75, 3.05) is 11.4 Å². The number of nitrogens with zero attached hydrogens (tertiary/aromatic N) is 4. The second-order valence-corrected chi connectivity index (χ2v) is 10.7. The van der Waals surface area contributed by atoms with E-state index in [1.54, 1.807) is 25.2 Å². The molecular formula is C25H26ClN5O4S. The highest BCUT2D eigenvalue weighted by atomic mass is 35.5. The number of halogens is 1. The van der Waals surface area contributed by atoms with Crippen molar-refractivity contribution in [1.29, 1.82) is 0 Å². The van der Waals surface area contributed by atoms with Crippen molar-refractivity contribution < 1.29 is 18.0 Å². The van der Waals surface area contributed by atoms with Crippen molar-refractivity contribution in [2.45, 2.75) is 31.3 Å². The second kappa shape index (κ2) is 10.2. The molecule has 1 N–H and O–H groups in total. The fourth-order valence-electron chi connectivity index (χ4n) is 3.96. The van der Waals surface area contributed by atoms with Crippen molar-refractivity contribution in [2.24, 2.45) is 18.0 Å². The van der Waals surface area contributed by atoms with Crippen molar-refractivity contribution in [3.05, 3.63) is 77.2 Å².